The third-order valence-corrected chi connectivity index (χ3v) is 13.5. The molecule has 4 saturated carbocycles. The Balaban J connectivity index is 1.64. The van der Waals surface area contributed by atoms with Gasteiger partial charge in [0.2, 0.25) is 0 Å². The lowest BCUT2D eigenvalue weighted by molar-refractivity contribution is -0.255. The molecule has 16 heteroatoms. The van der Waals surface area contributed by atoms with Gasteiger partial charge in [-0.3, -0.25) is 18.9 Å². The molecule has 4 unspecified atom stereocenters. The Morgan fingerprint density at radius 2 is 1.51 bits per heavy atom. The Labute approximate surface area is 282 Å². The summed E-state index contributed by atoms with van der Waals surface area (Å²) < 4.78 is 126. The van der Waals surface area contributed by atoms with Crippen LogP contribution in [-0.2, 0) is 43.4 Å². The predicted molar refractivity (Wildman–Crippen MR) is 161 cm³/mol. The van der Waals surface area contributed by atoms with Gasteiger partial charge in [0.05, 0.1) is 5.76 Å². The minimum Gasteiger partial charge on any atom is -0.478 e. The highest BCUT2D eigenvalue weighted by Crippen LogP contribution is 2.71. The molecule has 4 fully saturated rings. The highest BCUT2D eigenvalue weighted by molar-refractivity contribution is 7.86. The van der Waals surface area contributed by atoms with Crippen molar-refractivity contribution in [3.63, 3.8) is 0 Å². The molecule has 0 radical (unpaired) electrons. The first-order chi connectivity index (χ1) is 22.4. The molecule has 0 aliphatic heterocycles. The number of hydrogen-bond acceptors (Lipinski definition) is 9. The molecule has 278 valence electrons. The van der Waals surface area contributed by atoms with E-state index in [-0.39, 0.29) is 54.5 Å². The second-order valence-electron chi connectivity index (χ2n) is 15.3. The van der Waals surface area contributed by atoms with Crippen LogP contribution in [0.3, 0.4) is 0 Å². The second kappa shape index (κ2) is 12.6. The van der Waals surface area contributed by atoms with Crippen LogP contribution < -0.4 is 0 Å². The van der Waals surface area contributed by atoms with Gasteiger partial charge in [-0.2, -0.15) is 30.4 Å². The fraction of sp³-hybridized carbons (Fsp3) is 0.848. The molecule has 12 atom stereocenters. The van der Waals surface area contributed by atoms with Crippen LogP contribution in [0.25, 0.3) is 0 Å². The van der Waals surface area contributed by atoms with E-state index in [2.05, 4.69) is 6.92 Å². The van der Waals surface area contributed by atoms with Crippen molar-refractivity contribution in [1.82, 2.24) is 0 Å². The number of carbonyl (C=O) groups excluding carboxylic acids is 3. The van der Waals surface area contributed by atoms with Crippen LogP contribution in [0.1, 0.15) is 92.9 Å². The number of ether oxygens (including phenoxy) is 4. The minimum atomic E-state index is -6.52. The number of carbonyl (C=O) groups is 3. The lowest BCUT2D eigenvalue weighted by atomic mass is 9.43. The van der Waals surface area contributed by atoms with Gasteiger partial charge in [-0.1, -0.05) is 20.8 Å². The first kappa shape index (κ1) is 37.8. The zero-order valence-corrected chi connectivity index (χ0v) is 29.2. The smallest absolute Gasteiger partial charge is 0.432 e. The standard InChI is InChI=1S/C33H45F5O10S/c1-15-7-8-24(48-29(32(34,35)36)33(37,38)49(42,43)44)21-13-23-27-22(14-26(47-18(4)41)31(23,6)28(15)21)30(5)10-9-20(45-16(2)39)11-19(30)12-25(27)46-17(3)40/h15,19-20,22-23,25-29H,7-14H2,1-6H3,(H,42,43,44)/t15-,19+,20?,22+,23+,25?,26?,27-,28+,29?,30+,31-/m1/s1. The van der Waals surface area contributed by atoms with Crippen molar-refractivity contribution in [3.8, 4) is 0 Å². The maximum Gasteiger partial charge on any atom is 0.432 e. The third kappa shape index (κ3) is 6.46. The summed E-state index contributed by atoms with van der Waals surface area (Å²) in [5.41, 5.74) is -1.03. The molecule has 10 nitrogen and oxygen atoms in total. The SMILES string of the molecule is CC(=O)OC1CC[C@@]2(C)[C@@H](C1)CC(OC(C)=O)[C@@H]1[C@@H]2CC(OC(C)=O)[C@]2(C)[C@@H]3C(=C(OC(C(F)(F)F)C(F)(F)S(=O)(=O)O)CC[C@H]3C)C[C@@H]12. The van der Waals surface area contributed by atoms with Crippen LogP contribution in [-0.4, -0.2) is 66.7 Å². The Hall–Kier alpha value is -2.49. The van der Waals surface area contributed by atoms with Crippen molar-refractivity contribution in [2.75, 3.05) is 0 Å². The summed E-state index contributed by atoms with van der Waals surface area (Å²) in [7, 11) is -6.52. The van der Waals surface area contributed by atoms with Gasteiger partial charge in [0.1, 0.15) is 18.3 Å². The van der Waals surface area contributed by atoms with Crippen LogP contribution >= 0.6 is 0 Å². The van der Waals surface area contributed by atoms with Crippen LogP contribution in [0, 0.1) is 46.3 Å². The van der Waals surface area contributed by atoms with Crippen LogP contribution in [0.15, 0.2) is 11.3 Å². The molecule has 0 aromatic heterocycles. The van der Waals surface area contributed by atoms with Crippen LogP contribution in [0.4, 0.5) is 22.0 Å². The van der Waals surface area contributed by atoms with E-state index in [9.17, 15) is 44.8 Å². The van der Waals surface area contributed by atoms with Gasteiger partial charge >= 0.3 is 39.5 Å². The number of allylic oxidation sites excluding steroid dienone is 2. The molecule has 5 aliphatic carbocycles. The highest BCUT2D eigenvalue weighted by atomic mass is 32.2. The van der Waals surface area contributed by atoms with E-state index in [0.29, 0.717) is 37.7 Å². The summed E-state index contributed by atoms with van der Waals surface area (Å²) in [6.07, 6.45) is -9.17. The Morgan fingerprint density at radius 1 is 0.898 bits per heavy atom. The summed E-state index contributed by atoms with van der Waals surface area (Å²) in [4.78, 5) is 36.9. The van der Waals surface area contributed by atoms with Crippen molar-refractivity contribution >= 4 is 28.0 Å². The molecule has 0 bridgehead atoms. The fourth-order valence-corrected chi connectivity index (χ4v) is 11.2. The first-order valence-corrected chi connectivity index (χ1v) is 18.2. The van der Waals surface area contributed by atoms with E-state index in [0.717, 1.165) is 0 Å². The zero-order valence-electron chi connectivity index (χ0n) is 28.3. The molecular weight excluding hydrogens is 683 g/mol. The van der Waals surface area contributed by atoms with E-state index in [1.165, 1.54) is 20.8 Å². The quantitative estimate of drug-likeness (QED) is 0.136. The summed E-state index contributed by atoms with van der Waals surface area (Å²) in [5, 5.41) is -5.70. The molecule has 5 aliphatic rings. The molecule has 0 aromatic rings. The molecule has 5 rings (SSSR count). The Morgan fingerprint density at radius 3 is 2.06 bits per heavy atom. The Bertz CT molecular complexity index is 1500. The number of hydrogen-bond donors (Lipinski definition) is 1. The lowest BCUT2D eigenvalue weighted by Crippen LogP contribution is -2.63. The zero-order chi connectivity index (χ0) is 36.6. The average Bonchev–Trinajstić information content (AvgIpc) is 3.26. The van der Waals surface area contributed by atoms with Gasteiger partial charge in [-0.15, -0.1) is 0 Å². The maximum absolute atomic E-state index is 14.7. The van der Waals surface area contributed by atoms with E-state index in [1.807, 2.05) is 13.8 Å². The van der Waals surface area contributed by atoms with Gasteiger partial charge in [-0.25, -0.2) is 0 Å². The molecule has 1 N–H and O–H groups in total. The van der Waals surface area contributed by atoms with Crippen molar-refractivity contribution in [3.05, 3.63) is 11.3 Å². The topological polar surface area (TPSA) is 142 Å². The number of esters is 3. The molecule has 0 aromatic carbocycles. The average molecular weight is 729 g/mol. The summed E-state index contributed by atoms with van der Waals surface area (Å²) >= 11 is 0. The van der Waals surface area contributed by atoms with Crippen molar-refractivity contribution in [2.24, 2.45) is 46.3 Å². The molecule has 0 heterocycles. The molecule has 0 spiro atoms. The van der Waals surface area contributed by atoms with E-state index >= 15 is 0 Å². The molecular formula is C33H45F5O10S. The summed E-state index contributed by atoms with van der Waals surface area (Å²) in [6, 6.07) is 0. The highest BCUT2D eigenvalue weighted by Gasteiger charge is 2.70. The minimum absolute atomic E-state index is 0.0468. The molecule has 0 amide bonds. The fourth-order valence-electron chi connectivity index (χ4n) is 10.7. The maximum atomic E-state index is 14.7. The number of fused-ring (bicyclic) bond motifs is 7. The third-order valence-electron chi connectivity index (χ3n) is 12.6. The largest absolute Gasteiger partial charge is 0.478 e. The second-order valence-corrected chi connectivity index (χ2v) is 16.8. The lowest BCUT2D eigenvalue weighted by Gasteiger charge is -2.64. The normalized spacial score (nSPS) is 39.8. The van der Waals surface area contributed by atoms with Crippen molar-refractivity contribution in [2.45, 2.75) is 129 Å². The van der Waals surface area contributed by atoms with Gasteiger partial charge in [0, 0.05) is 38.5 Å². The monoisotopic (exact) mass is 728 g/mol. The summed E-state index contributed by atoms with van der Waals surface area (Å²) in [6.45, 7) is 9.76. The van der Waals surface area contributed by atoms with Gasteiger partial charge in [0.25, 0.3) is 6.10 Å². The van der Waals surface area contributed by atoms with E-state index in [4.69, 9.17) is 23.5 Å². The first-order valence-electron chi connectivity index (χ1n) is 16.7. The van der Waals surface area contributed by atoms with Gasteiger partial charge in [0.15, 0.2) is 0 Å². The number of rotatable bonds is 7. The van der Waals surface area contributed by atoms with Crippen molar-refractivity contribution < 1.29 is 68.3 Å². The number of alkyl halides is 5. The van der Waals surface area contributed by atoms with Crippen LogP contribution in [0.5, 0.6) is 0 Å². The van der Waals surface area contributed by atoms with Crippen LogP contribution in [0.2, 0.25) is 0 Å². The number of halogens is 5. The molecule has 49 heavy (non-hydrogen) atoms. The Kier molecular flexibility index (Phi) is 9.73. The van der Waals surface area contributed by atoms with Gasteiger partial charge in [-0.05, 0) is 85.5 Å². The van der Waals surface area contributed by atoms with Crippen molar-refractivity contribution in [1.29, 1.82) is 0 Å². The summed E-state index contributed by atoms with van der Waals surface area (Å²) in [5.74, 6) is -3.84. The predicted octanol–water partition coefficient (Wildman–Crippen LogP) is 6.38. The van der Waals surface area contributed by atoms with Gasteiger partial charge < -0.3 is 18.9 Å². The van der Waals surface area contributed by atoms with E-state index < -0.39 is 80.8 Å². The van der Waals surface area contributed by atoms with E-state index in [1.54, 1.807) is 0 Å². The molecule has 0 saturated heterocycles.